The monoisotopic (exact) mass is 386 g/mol. The van der Waals surface area contributed by atoms with Gasteiger partial charge in [0.25, 0.3) is 0 Å². The summed E-state index contributed by atoms with van der Waals surface area (Å²) in [6.07, 6.45) is 7.59. The maximum atomic E-state index is 10.3. The maximum absolute atomic E-state index is 10.3. The molecule has 5 nitrogen and oxygen atoms in total. The number of likely N-dealkylation sites (tertiary alicyclic amines) is 1. The number of hydrogen-bond donors (Lipinski definition) is 2. The van der Waals surface area contributed by atoms with Crippen LogP contribution >= 0.6 is 0 Å². The van der Waals surface area contributed by atoms with Crippen LogP contribution in [0.5, 0.6) is 0 Å². The van der Waals surface area contributed by atoms with Crippen molar-refractivity contribution in [3.05, 3.63) is 35.5 Å². The summed E-state index contributed by atoms with van der Waals surface area (Å²) in [6, 6.07) is 6.65. The van der Waals surface area contributed by atoms with Gasteiger partial charge in [0.15, 0.2) is 0 Å². The second-order valence-electron chi connectivity index (χ2n) is 8.34. The first kappa shape index (κ1) is 19.9. The third-order valence-corrected chi connectivity index (χ3v) is 6.35. The van der Waals surface area contributed by atoms with Crippen molar-refractivity contribution in [2.75, 3.05) is 39.5 Å². The number of piperidine rings is 1. The van der Waals surface area contributed by atoms with Crippen molar-refractivity contribution in [3.8, 4) is 0 Å². The van der Waals surface area contributed by atoms with E-state index in [0.29, 0.717) is 25.7 Å². The molecule has 0 amide bonds. The lowest BCUT2D eigenvalue weighted by atomic mass is 9.88. The lowest BCUT2D eigenvalue weighted by Gasteiger charge is -2.33. The van der Waals surface area contributed by atoms with Gasteiger partial charge in [-0.05, 0) is 62.2 Å². The minimum Gasteiger partial charge on any atom is -0.389 e. The van der Waals surface area contributed by atoms with E-state index in [1.165, 1.54) is 22.0 Å². The van der Waals surface area contributed by atoms with Gasteiger partial charge < -0.3 is 24.5 Å². The molecule has 0 spiro atoms. The summed E-state index contributed by atoms with van der Waals surface area (Å²) in [4.78, 5) is 5.89. The summed E-state index contributed by atoms with van der Waals surface area (Å²) in [5, 5.41) is 11.7. The van der Waals surface area contributed by atoms with Crippen LogP contribution < -0.4 is 0 Å². The van der Waals surface area contributed by atoms with Gasteiger partial charge in [0.2, 0.25) is 0 Å². The fourth-order valence-electron chi connectivity index (χ4n) is 4.76. The Hall–Kier alpha value is -1.40. The Morgan fingerprint density at radius 2 is 2.14 bits per heavy atom. The molecule has 28 heavy (non-hydrogen) atoms. The Morgan fingerprint density at radius 1 is 1.29 bits per heavy atom. The number of aromatic amines is 1. The highest BCUT2D eigenvalue weighted by atomic mass is 16.5. The number of aromatic nitrogens is 1. The smallest absolute Gasteiger partial charge is 0.0900 e. The zero-order chi connectivity index (χ0) is 19.3. The summed E-state index contributed by atoms with van der Waals surface area (Å²) >= 11 is 0. The predicted octanol–water partition coefficient (Wildman–Crippen LogP) is 3.47. The van der Waals surface area contributed by atoms with Gasteiger partial charge in [0, 0.05) is 30.3 Å². The predicted molar refractivity (Wildman–Crippen MR) is 112 cm³/mol. The van der Waals surface area contributed by atoms with E-state index in [-0.39, 0.29) is 6.10 Å². The number of H-pyrrole nitrogens is 1. The molecule has 1 aromatic heterocycles. The van der Waals surface area contributed by atoms with Crippen LogP contribution in [0.15, 0.2) is 24.4 Å². The minimum absolute atomic E-state index is 0.229. The van der Waals surface area contributed by atoms with Crippen LogP contribution in [0, 0.1) is 0 Å². The number of nitrogens with one attached hydrogen (secondary N) is 1. The largest absolute Gasteiger partial charge is 0.389 e. The first-order valence-electron chi connectivity index (χ1n) is 10.9. The van der Waals surface area contributed by atoms with Gasteiger partial charge in [-0.2, -0.15) is 0 Å². The van der Waals surface area contributed by atoms with E-state index in [1.807, 2.05) is 0 Å². The topological polar surface area (TPSA) is 57.7 Å². The molecule has 2 aliphatic rings. The molecule has 3 heterocycles. The molecule has 0 bridgehead atoms. The van der Waals surface area contributed by atoms with Crippen molar-refractivity contribution in [3.63, 3.8) is 0 Å². The molecule has 2 aromatic rings. The molecule has 0 saturated carbocycles. The lowest BCUT2D eigenvalue weighted by Crippen LogP contribution is -2.40. The average Bonchev–Trinajstić information content (AvgIpc) is 3.38. The number of β-amino-alcohol motifs (C(OH)–C–C–N with tert-alkyl or cyclic N) is 1. The molecule has 4 rings (SSSR count). The van der Waals surface area contributed by atoms with Gasteiger partial charge in [-0.15, -0.1) is 0 Å². The number of ether oxygens (including phenoxy) is 2. The maximum Gasteiger partial charge on any atom is 0.0900 e. The van der Waals surface area contributed by atoms with Crippen LogP contribution in [0.25, 0.3) is 10.9 Å². The summed E-state index contributed by atoms with van der Waals surface area (Å²) in [5.41, 5.74) is 4.17. The van der Waals surface area contributed by atoms with Gasteiger partial charge in [-0.3, -0.25) is 0 Å². The minimum atomic E-state index is -0.418. The van der Waals surface area contributed by atoms with E-state index in [1.54, 1.807) is 0 Å². The highest BCUT2D eigenvalue weighted by Crippen LogP contribution is 2.34. The molecular formula is C23H34N2O3. The number of rotatable bonds is 8. The van der Waals surface area contributed by atoms with Crippen molar-refractivity contribution in [2.45, 2.75) is 57.2 Å². The number of benzene rings is 1. The Bertz CT molecular complexity index is 745. The summed E-state index contributed by atoms with van der Waals surface area (Å²) < 4.78 is 11.2. The summed E-state index contributed by atoms with van der Waals surface area (Å²) in [5.74, 6) is 0.602. The van der Waals surface area contributed by atoms with Crippen LogP contribution in [0.3, 0.4) is 0 Å². The number of nitrogens with zero attached hydrogens (tertiary/aromatic N) is 1. The normalized spacial score (nSPS) is 22.9. The summed E-state index contributed by atoms with van der Waals surface area (Å²) in [6.45, 7) is 6.85. The average molecular weight is 387 g/mol. The highest BCUT2D eigenvalue weighted by molar-refractivity contribution is 5.86. The number of aryl methyl sites for hydroxylation is 1. The SMILES string of the molecule is CCc1cccc2c(C3CCN(CC(O)COCC4CCCO4)CC3)c[nH]c12. The van der Waals surface area contributed by atoms with Crippen LogP contribution in [0.1, 0.15) is 49.7 Å². The molecule has 2 aliphatic heterocycles. The first-order chi connectivity index (χ1) is 13.7. The van der Waals surface area contributed by atoms with Crippen LogP contribution in [0.4, 0.5) is 0 Å². The van der Waals surface area contributed by atoms with Gasteiger partial charge in [0.1, 0.15) is 0 Å². The van der Waals surface area contributed by atoms with Crippen molar-refractivity contribution >= 4 is 10.9 Å². The number of aliphatic hydroxyl groups is 1. The Kier molecular flexibility index (Phi) is 6.68. The van der Waals surface area contributed by atoms with E-state index in [2.05, 4.69) is 41.2 Å². The van der Waals surface area contributed by atoms with E-state index < -0.39 is 6.10 Å². The van der Waals surface area contributed by atoms with Crippen molar-refractivity contribution in [1.29, 1.82) is 0 Å². The third-order valence-electron chi connectivity index (χ3n) is 6.35. The molecule has 0 radical (unpaired) electrons. The van der Waals surface area contributed by atoms with E-state index >= 15 is 0 Å². The number of fused-ring (bicyclic) bond motifs is 1. The van der Waals surface area contributed by atoms with Crippen LogP contribution in [-0.2, 0) is 15.9 Å². The number of hydrogen-bond acceptors (Lipinski definition) is 4. The molecule has 0 aliphatic carbocycles. The number of para-hydroxylation sites is 1. The fourth-order valence-corrected chi connectivity index (χ4v) is 4.76. The Morgan fingerprint density at radius 3 is 2.89 bits per heavy atom. The first-order valence-corrected chi connectivity index (χ1v) is 10.9. The van der Waals surface area contributed by atoms with Gasteiger partial charge >= 0.3 is 0 Å². The van der Waals surface area contributed by atoms with Gasteiger partial charge in [-0.1, -0.05) is 25.1 Å². The van der Waals surface area contributed by atoms with Crippen LogP contribution in [0.2, 0.25) is 0 Å². The molecule has 2 atom stereocenters. The lowest BCUT2D eigenvalue weighted by molar-refractivity contribution is -0.0267. The van der Waals surface area contributed by atoms with Crippen molar-refractivity contribution in [2.24, 2.45) is 0 Å². The molecule has 2 fully saturated rings. The Balaban J connectivity index is 1.24. The molecule has 154 valence electrons. The molecule has 2 saturated heterocycles. The zero-order valence-corrected chi connectivity index (χ0v) is 17.0. The number of aliphatic hydroxyl groups excluding tert-OH is 1. The summed E-state index contributed by atoms with van der Waals surface area (Å²) in [7, 11) is 0. The van der Waals surface area contributed by atoms with Gasteiger partial charge in [0.05, 0.1) is 25.4 Å². The molecule has 1 aromatic carbocycles. The molecule has 2 N–H and O–H groups in total. The van der Waals surface area contributed by atoms with E-state index in [9.17, 15) is 5.11 Å². The van der Waals surface area contributed by atoms with Crippen molar-refractivity contribution < 1.29 is 14.6 Å². The van der Waals surface area contributed by atoms with E-state index in [4.69, 9.17) is 9.47 Å². The highest BCUT2D eigenvalue weighted by Gasteiger charge is 2.24. The zero-order valence-electron chi connectivity index (χ0n) is 17.0. The van der Waals surface area contributed by atoms with Gasteiger partial charge in [-0.25, -0.2) is 0 Å². The van der Waals surface area contributed by atoms with Crippen molar-refractivity contribution in [1.82, 2.24) is 9.88 Å². The standard InChI is InChI=1S/C23H34N2O3/c1-2-17-5-3-7-21-22(13-24-23(17)21)18-8-10-25(11-9-18)14-19(26)15-27-16-20-6-4-12-28-20/h3,5,7,13,18-20,24,26H,2,4,6,8-12,14-16H2,1H3. The molecular weight excluding hydrogens is 352 g/mol. The molecule has 5 heteroatoms. The Labute approximate surface area is 168 Å². The van der Waals surface area contributed by atoms with E-state index in [0.717, 1.165) is 51.8 Å². The molecule has 2 unspecified atom stereocenters. The quantitative estimate of drug-likeness (QED) is 0.729. The second kappa shape index (κ2) is 9.40. The fraction of sp³-hybridized carbons (Fsp3) is 0.652. The second-order valence-corrected chi connectivity index (χ2v) is 8.34. The van der Waals surface area contributed by atoms with Crippen LogP contribution in [-0.4, -0.2) is 66.7 Å². The third kappa shape index (κ3) is 4.60.